The van der Waals surface area contributed by atoms with Crippen molar-refractivity contribution in [2.24, 2.45) is 5.92 Å². The fourth-order valence-corrected chi connectivity index (χ4v) is 5.60. The number of carbonyl (C=O) groups is 2. The van der Waals surface area contributed by atoms with Gasteiger partial charge in [-0.1, -0.05) is 49.7 Å². The molecule has 0 spiro atoms. The summed E-state index contributed by atoms with van der Waals surface area (Å²) < 4.78 is 54.3. The summed E-state index contributed by atoms with van der Waals surface area (Å²) in [5.41, 5.74) is 1.19. The van der Waals surface area contributed by atoms with Crippen LogP contribution in [0, 0.1) is 18.7 Å². The largest absolute Gasteiger partial charge is 0.493 e. The van der Waals surface area contributed by atoms with Gasteiger partial charge in [0.25, 0.3) is 10.0 Å². The molecule has 0 radical (unpaired) electrons. The van der Waals surface area contributed by atoms with Crippen molar-refractivity contribution >= 4 is 27.5 Å². The lowest BCUT2D eigenvalue weighted by atomic mass is 10.1. The minimum Gasteiger partial charge on any atom is -0.493 e. The van der Waals surface area contributed by atoms with Crippen LogP contribution >= 0.6 is 0 Å². The second-order valence-electron chi connectivity index (χ2n) is 10.3. The van der Waals surface area contributed by atoms with Crippen LogP contribution in [-0.2, 0) is 26.2 Å². The number of ether oxygens (including phenoxy) is 2. The van der Waals surface area contributed by atoms with Gasteiger partial charge in [-0.3, -0.25) is 13.9 Å². The first-order valence-corrected chi connectivity index (χ1v) is 14.9. The molecule has 1 unspecified atom stereocenters. The lowest BCUT2D eigenvalue weighted by Crippen LogP contribution is -2.51. The molecule has 0 bridgehead atoms. The second-order valence-corrected chi connectivity index (χ2v) is 12.2. The predicted molar refractivity (Wildman–Crippen MR) is 160 cm³/mol. The molecular weight excluding hydrogens is 561 g/mol. The van der Waals surface area contributed by atoms with Crippen molar-refractivity contribution in [1.82, 2.24) is 10.2 Å². The van der Waals surface area contributed by atoms with Crippen molar-refractivity contribution in [3.63, 3.8) is 0 Å². The Morgan fingerprint density at radius 3 is 2.17 bits per heavy atom. The summed E-state index contributed by atoms with van der Waals surface area (Å²) in [7, 11) is -1.41. The molecule has 0 saturated heterocycles. The van der Waals surface area contributed by atoms with Crippen LogP contribution in [0.5, 0.6) is 11.5 Å². The number of rotatable bonds is 13. The Balaban J connectivity index is 2.08. The minimum absolute atomic E-state index is 0.0286. The number of halogens is 1. The highest BCUT2D eigenvalue weighted by Gasteiger charge is 2.33. The summed E-state index contributed by atoms with van der Waals surface area (Å²) in [5, 5.41) is 2.80. The Morgan fingerprint density at radius 1 is 0.929 bits per heavy atom. The normalized spacial score (nSPS) is 12.0. The van der Waals surface area contributed by atoms with Gasteiger partial charge in [-0.25, -0.2) is 12.8 Å². The average Bonchev–Trinajstić information content (AvgIpc) is 2.97. The first-order chi connectivity index (χ1) is 19.9. The molecule has 0 aliphatic carbocycles. The van der Waals surface area contributed by atoms with Crippen LogP contribution in [0.25, 0.3) is 0 Å². The molecule has 0 saturated carbocycles. The molecule has 9 nitrogen and oxygen atoms in total. The number of aryl methyl sites for hydroxylation is 1. The zero-order valence-electron chi connectivity index (χ0n) is 24.8. The van der Waals surface area contributed by atoms with E-state index in [2.05, 4.69) is 5.32 Å². The van der Waals surface area contributed by atoms with Crippen LogP contribution in [0.1, 0.15) is 31.9 Å². The third-order valence-electron chi connectivity index (χ3n) is 6.69. The van der Waals surface area contributed by atoms with Crippen LogP contribution in [0.4, 0.5) is 10.1 Å². The predicted octanol–water partition coefficient (Wildman–Crippen LogP) is 4.54. The van der Waals surface area contributed by atoms with Crippen molar-refractivity contribution in [2.45, 2.75) is 45.2 Å². The van der Waals surface area contributed by atoms with E-state index >= 15 is 0 Å². The van der Waals surface area contributed by atoms with Crippen LogP contribution in [0.15, 0.2) is 71.6 Å². The Kier molecular flexibility index (Phi) is 10.9. The van der Waals surface area contributed by atoms with E-state index in [0.29, 0.717) is 12.3 Å². The summed E-state index contributed by atoms with van der Waals surface area (Å²) in [6.07, 6.45) is 0. The molecule has 0 aromatic heterocycles. The molecule has 3 aromatic carbocycles. The maximum absolute atomic E-state index is 14.7. The molecule has 0 heterocycles. The number of anilines is 1. The summed E-state index contributed by atoms with van der Waals surface area (Å²) in [4.78, 5) is 28.2. The molecule has 1 N–H and O–H groups in total. The van der Waals surface area contributed by atoms with Gasteiger partial charge in [-0.15, -0.1) is 0 Å². The van der Waals surface area contributed by atoms with Gasteiger partial charge in [-0.05, 0) is 50.1 Å². The zero-order valence-corrected chi connectivity index (χ0v) is 25.6. The summed E-state index contributed by atoms with van der Waals surface area (Å²) in [5.74, 6) is -0.886. The van der Waals surface area contributed by atoms with E-state index in [1.807, 2.05) is 20.8 Å². The summed E-state index contributed by atoms with van der Waals surface area (Å²) >= 11 is 0. The molecule has 11 heteroatoms. The number of methoxy groups -OCH3 is 2. The Bertz CT molecular complexity index is 1490. The highest BCUT2D eigenvalue weighted by Crippen LogP contribution is 2.34. The lowest BCUT2D eigenvalue weighted by molar-refractivity contribution is -0.139. The quantitative estimate of drug-likeness (QED) is 0.310. The van der Waals surface area contributed by atoms with E-state index < -0.39 is 40.2 Å². The Hall–Kier alpha value is -4.12. The van der Waals surface area contributed by atoms with E-state index in [-0.39, 0.29) is 34.4 Å². The number of nitrogens with zero attached hydrogens (tertiary/aromatic N) is 2. The van der Waals surface area contributed by atoms with Crippen molar-refractivity contribution in [1.29, 1.82) is 0 Å². The third kappa shape index (κ3) is 7.79. The fourth-order valence-electron chi connectivity index (χ4n) is 4.19. The van der Waals surface area contributed by atoms with Gasteiger partial charge < -0.3 is 19.7 Å². The van der Waals surface area contributed by atoms with Gasteiger partial charge in [-0.2, -0.15) is 0 Å². The van der Waals surface area contributed by atoms with Crippen molar-refractivity contribution in [3.8, 4) is 11.5 Å². The van der Waals surface area contributed by atoms with Crippen LogP contribution in [0.3, 0.4) is 0 Å². The number of nitrogens with one attached hydrogen (secondary N) is 1. The SMILES string of the molecule is COc1ccc(N(CC(=O)N(Cc2ccccc2F)C(C)C(=O)NCC(C)C)S(=O)(=O)c2ccc(C)cc2)cc1OC. The molecule has 42 heavy (non-hydrogen) atoms. The summed E-state index contributed by atoms with van der Waals surface area (Å²) in [6, 6.07) is 15.6. The molecule has 0 aliphatic rings. The van der Waals surface area contributed by atoms with Gasteiger partial charge >= 0.3 is 0 Å². The van der Waals surface area contributed by atoms with E-state index in [0.717, 1.165) is 9.87 Å². The molecular formula is C31H38FN3O6S. The van der Waals surface area contributed by atoms with E-state index in [9.17, 15) is 22.4 Å². The van der Waals surface area contributed by atoms with E-state index in [1.165, 1.54) is 74.6 Å². The molecule has 3 aromatic rings. The Labute approximate surface area is 247 Å². The Morgan fingerprint density at radius 2 is 1.57 bits per heavy atom. The van der Waals surface area contributed by atoms with Crippen LogP contribution in [-0.4, -0.2) is 58.5 Å². The van der Waals surface area contributed by atoms with Crippen molar-refractivity contribution in [3.05, 3.63) is 83.7 Å². The lowest BCUT2D eigenvalue weighted by Gasteiger charge is -2.32. The van der Waals surface area contributed by atoms with Gasteiger partial charge in [0.05, 0.1) is 24.8 Å². The summed E-state index contributed by atoms with van der Waals surface area (Å²) in [6.45, 7) is 6.70. The van der Waals surface area contributed by atoms with Gasteiger partial charge in [0.15, 0.2) is 11.5 Å². The van der Waals surface area contributed by atoms with Gasteiger partial charge in [0.2, 0.25) is 11.8 Å². The van der Waals surface area contributed by atoms with E-state index in [4.69, 9.17) is 9.47 Å². The number of hydrogen-bond donors (Lipinski definition) is 1. The number of benzene rings is 3. The zero-order chi connectivity index (χ0) is 31.0. The van der Waals surface area contributed by atoms with E-state index in [1.54, 1.807) is 18.2 Å². The highest BCUT2D eigenvalue weighted by atomic mass is 32.2. The molecule has 0 aliphatic heterocycles. The van der Waals surface area contributed by atoms with Crippen LogP contribution < -0.4 is 19.1 Å². The number of sulfonamides is 1. The first kappa shape index (κ1) is 32.4. The number of carbonyl (C=O) groups excluding carboxylic acids is 2. The van der Waals surface area contributed by atoms with Crippen molar-refractivity contribution < 1.29 is 31.9 Å². The van der Waals surface area contributed by atoms with Crippen molar-refractivity contribution in [2.75, 3.05) is 31.6 Å². The highest BCUT2D eigenvalue weighted by molar-refractivity contribution is 7.92. The first-order valence-electron chi connectivity index (χ1n) is 13.5. The maximum Gasteiger partial charge on any atom is 0.264 e. The third-order valence-corrected chi connectivity index (χ3v) is 8.48. The molecule has 226 valence electrons. The number of hydrogen-bond acceptors (Lipinski definition) is 6. The van der Waals surface area contributed by atoms with Crippen LogP contribution in [0.2, 0.25) is 0 Å². The fraction of sp³-hybridized carbons (Fsp3) is 0.355. The molecule has 1 atom stereocenters. The smallest absolute Gasteiger partial charge is 0.264 e. The molecule has 3 rings (SSSR count). The molecule has 2 amide bonds. The monoisotopic (exact) mass is 599 g/mol. The number of amides is 2. The maximum atomic E-state index is 14.7. The molecule has 0 fully saturated rings. The van der Waals surface area contributed by atoms with Gasteiger partial charge in [0, 0.05) is 24.7 Å². The average molecular weight is 600 g/mol. The minimum atomic E-state index is -4.28. The second kappa shape index (κ2) is 14.2. The topological polar surface area (TPSA) is 105 Å². The standard InChI is InChI=1S/C31H38FN3O6S/c1-21(2)18-33-31(37)23(4)34(19-24-9-7-8-10-27(24)32)30(36)20-35(25-13-16-28(40-5)29(17-25)41-6)42(38,39)26-14-11-22(3)12-15-26/h7-17,21,23H,18-20H2,1-6H3,(H,33,37). The van der Waals surface area contributed by atoms with Gasteiger partial charge in [0.1, 0.15) is 18.4 Å².